The first kappa shape index (κ1) is 6.47. The van der Waals surface area contributed by atoms with Crippen LogP contribution in [-0.4, -0.2) is 12.2 Å². The molecule has 0 amide bonds. The molecule has 0 radical (unpaired) electrons. The molecule has 0 N–H and O–H groups in total. The van der Waals surface area contributed by atoms with E-state index in [4.69, 9.17) is 4.74 Å². The number of ether oxygens (including phenoxy) is 1. The predicted molar refractivity (Wildman–Crippen MR) is 43.3 cm³/mol. The smallest absolute Gasteiger partial charge is 0.0875 e. The second kappa shape index (κ2) is 2.01. The molecule has 1 saturated heterocycles. The Morgan fingerprint density at radius 3 is 3.09 bits per heavy atom. The maximum atomic E-state index is 5.64. The second-order valence-corrected chi connectivity index (χ2v) is 4.46. The highest BCUT2D eigenvalue weighted by Gasteiger charge is 2.58. The summed E-state index contributed by atoms with van der Waals surface area (Å²) in [5.74, 6) is 3.07. The van der Waals surface area contributed by atoms with Gasteiger partial charge in [-0.05, 0) is 37.0 Å². The van der Waals surface area contributed by atoms with Crippen LogP contribution >= 0.6 is 0 Å². The summed E-state index contributed by atoms with van der Waals surface area (Å²) in [5, 5.41) is 0. The molecule has 1 nitrogen and oxygen atoms in total. The Hall–Kier alpha value is -0.0400. The van der Waals surface area contributed by atoms with Gasteiger partial charge in [0, 0.05) is 0 Å². The van der Waals surface area contributed by atoms with Crippen LogP contribution in [0, 0.1) is 17.8 Å². The number of hydrogen-bond acceptors (Lipinski definition) is 1. The summed E-state index contributed by atoms with van der Waals surface area (Å²) in [6.07, 6.45) is 7.13. The maximum absolute atomic E-state index is 5.64. The van der Waals surface area contributed by atoms with Crippen LogP contribution in [0.3, 0.4) is 0 Å². The van der Waals surface area contributed by atoms with E-state index in [0.29, 0.717) is 12.2 Å². The van der Waals surface area contributed by atoms with Crippen molar-refractivity contribution in [3.8, 4) is 0 Å². The quantitative estimate of drug-likeness (QED) is 0.525. The van der Waals surface area contributed by atoms with Crippen molar-refractivity contribution < 1.29 is 4.74 Å². The summed E-state index contributed by atoms with van der Waals surface area (Å²) >= 11 is 0. The van der Waals surface area contributed by atoms with Crippen molar-refractivity contribution in [2.75, 3.05) is 0 Å². The Labute approximate surface area is 68.1 Å². The molecule has 4 unspecified atom stereocenters. The molecule has 5 atom stereocenters. The van der Waals surface area contributed by atoms with E-state index in [1.807, 2.05) is 0 Å². The third-order valence-electron chi connectivity index (χ3n) is 4.04. The van der Waals surface area contributed by atoms with E-state index in [1.165, 1.54) is 25.7 Å². The summed E-state index contributed by atoms with van der Waals surface area (Å²) in [6, 6.07) is 0. The lowest BCUT2D eigenvalue weighted by Crippen LogP contribution is -2.43. The van der Waals surface area contributed by atoms with Crippen LogP contribution in [-0.2, 0) is 4.74 Å². The van der Waals surface area contributed by atoms with Gasteiger partial charge in [0.25, 0.3) is 0 Å². The number of fused-ring (bicyclic) bond motifs is 3. The van der Waals surface area contributed by atoms with Gasteiger partial charge in [0.2, 0.25) is 0 Å². The van der Waals surface area contributed by atoms with Crippen molar-refractivity contribution in [3.63, 3.8) is 0 Å². The third-order valence-corrected chi connectivity index (χ3v) is 4.04. The van der Waals surface area contributed by atoms with Crippen molar-refractivity contribution in [3.05, 3.63) is 0 Å². The van der Waals surface area contributed by atoms with Crippen LogP contribution in [0.15, 0.2) is 0 Å². The standard InChI is InChI=1S/C10H16O/c1-2-6-5-7-3-4-8-10(11-8)9(6)7/h6-10H,2-5H2,1H3/t6?,7?,8?,9?,10-/m1/s1. The van der Waals surface area contributed by atoms with Crippen LogP contribution in [0.5, 0.6) is 0 Å². The minimum atomic E-state index is 0.700. The van der Waals surface area contributed by atoms with E-state index >= 15 is 0 Å². The molecular weight excluding hydrogens is 136 g/mol. The SMILES string of the molecule is CCC1CC2CCC3O[C@H]3C12. The van der Waals surface area contributed by atoms with Gasteiger partial charge in [-0.25, -0.2) is 0 Å². The van der Waals surface area contributed by atoms with Crippen LogP contribution in [0.25, 0.3) is 0 Å². The lowest BCUT2D eigenvalue weighted by Gasteiger charge is -2.46. The molecule has 3 aliphatic rings. The Balaban J connectivity index is 1.74. The fourth-order valence-electron chi connectivity index (χ4n) is 3.28. The van der Waals surface area contributed by atoms with E-state index in [1.54, 1.807) is 0 Å². The minimum absolute atomic E-state index is 0.700. The molecule has 11 heavy (non-hydrogen) atoms. The van der Waals surface area contributed by atoms with E-state index in [-0.39, 0.29) is 0 Å². The second-order valence-electron chi connectivity index (χ2n) is 4.46. The molecule has 1 aliphatic heterocycles. The predicted octanol–water partition coefficient (Wildman–Crippen LogP) is 2.21. The summed E-state index contributed by atoms with van der Waals surface area (Å²) in [7, 11) is 0. The molecule has 62 valence electrons. The van der Waals surface area contributed by atoms with Gasteiger partial charge in [-0.3, -0.25) is 0 Å². The minimum Gasteiger partial charge on any atom is -0.369 e. The Morgan fingerprint density at radius 1 is 1.36 bits per heavy atom. The summed E-state index contributed by atoms with van der Waals surface area (Å²) in [6.45, 7) is 2.33. The van der Waals surface area contributed by atoms with E-state index < -0.39 is 0 Å². The summed E-state index contributed by atoms with van der Waals surface area (Å²) in [5.41, 5.74) is 0. The van der Waals surface area contributed by atoms with Gasteiger partial charge in [0.05, 0.1) is 12.2 Å². The largest absolute Gasteiger partial charge is 0.369 e. The Bertz CT molecular complexity index is 171. The normalized spacial score (nSPS) is 59.2. The fraction of sp³-hybridized carbons (Fsp3) is 1.00. The topological polar surface area (TPSA) is 12.5 Å². The zero-order valence-electron chi connectivity index (χ0n) is 7.12. The molecule has 0 spiro atoms. The molecule has 1 heterocycles. The highest BCUT2D eigenvalue weighted by Crippen LogP contribution is 2.57. The molecule has 0 bridgehead atoms. The van der Waals surface area contributed by atoms with Crippen molar-refractivity contribution in [1.82, 2.24) is 0 Å². The van der Waals surface area contributed by atoms with E-state index in [0.717, 1.165) is 17.8 Å². The van der Waals surface area contributed by atoms with Gasteiger partial charge in [-0.15, -0.1) is 0 Å². The average molecular weight is 152 g/mol. The van der Waals surface area contributed by atoms with Gasteiger partial charge in [-0.1, -0.05) is 13.3 Å². The molecule has 0 aromatic heterocycles. The first-order chi connectivity index (χ1) is 5.40. The molecular formula is C10H16O. The molecule has 2 aliphatic carbocycles. The fourth-order valence-corrected chi connectivity index (χ4v) is 3.28. The van der Waals surface area contributed by atoms with Gasteiger partial charge in [0.15, 0.2) is 0 Å². The van der Waals surface area contributed by atoms with Crippen LogP contribution in [0.1, 0.15) is 32.6 Å². The third kappa shape index (κ3) is 0.752. The average Bonchev–Trinajstić information content (AvgIpc) is 2.66. The van der Waals surface area contributed by atoms with E-state index in [2.05, 4.69) is 6.92 Å². The highest BCUT2D eigenvalue weighted by molar-refractivity contribution is 5.05. The number of epoxide rings is 1. The Kier molecular flexibility index (Phi) is 1.18. The number of hydrogen-bond donors (Lipinski definition) is 0. The molecule has 0 aromatic rings. The van der Waals surface area contributed by atoms with Gasteiger partial charge < -0.3 is 4.74 Å². The van der Waals surface area contributed by atoms with Crippen LogP contribution < -0.4 is 0 Å². The zero-order chi connectivity index (χ0) is 7.42. The van der Waals surface area contributed by atoms with Crippen LogP contribution in [0.4, 0.5) is 0 Å². The van der Waals surface area contributed by atoms with Crippen LogP contribution in [0.2, 0.25) is 0 Å². The first-order valence-electron chi connectivity index (χ1n) is 5.05. The van der Waals surface area contributed by atoms with Gasteiger partial charge in [-0.2, -0.15) is 0 Å². The zero-order valence-corrected chi connectivity index (χ0v) is 7.12. The van der Waals surface area contributed by atoms with Crippen molar-refractivity contribution in [1.29, 1.82) is 0 Å². The monoisotopic (exact) mass is 152 g/mol. The molecule has 0 aromatic carbocycles. The Morgan fingerprint density at radius 2 is 2.27 bits per heavy atom. The molecule has 3 rings (SSSR count). The molecule has 3 fully saturated rings. The summed E-state index contributed by atoms with van der Waals surface area (Å²) in [4.78, 5) is 0. The van der Waals surface area contributed by atoms with Crippen molar-refractivity contribution in [2.24, 2.45) is 17.8 Å². The summed E-state index contributed by atoms with van der Waals surface area (Å²) < 4.78 is 5.64. The van der Waals surface area contributed by atoms with Crippen molar-refractivity contribution in [2.45, 2.75) is 44.8 Å². The highest BCUT2D eigenvalue weighted by atomic mass is 16.6. The van der Waals surface area contributed by atoms with Gasteiger partial charge >= 0.3 is 0 Å². The number of rotatable bonds is 1. The first-order valence-corrected chi connectivity index (χ1v) is 5.05. The van der Waals surface area contributed by atoms with E-state index in [9.17, 15) is 0 Å². The lowest BCUT2D eigenvalue weighted by molar-refractivity contribution is 0.0310. The maximum Gasteiger partial charge on any atom is 0.0875 e. The lowest BCUT2D eigenvalue weighted by atomic mass is 9.58. The van der Waals surface area contributed by atoms with Gasteiger partial charge in [0.1, 0.15) is 0 Å². The molecule has 2 saturated carbocycles. The molecule has 1 heteroatoms. The van der Waals surface area contributed by atoms with Crippen molar-refractivity contribution >= 4 is 0 Å².